The first-order valence-electron chi connectivity index (χ1n) is 1.16. The van der Waals surface area contributed by atoms with Gasteiger partial charge in [0.15, 0.2) is 0 Å². The third kappa shape index (κ3) is 61.1. The average molecular weight is 721 g/mol. The Morgan fingerprint density at radius 1 is 0.786 bits per heavy atom. The fraction of sp³-hybridized carbons (Fsp3) is 0. The van der Waals surface area contributed by atoms with Crippen molar-refractivity contribution in [2.45, 2.75) is 0 Å². The molecule has 0 aromatic rings. The summed E-state index contributed by atoms with van der Waals surface area (Å²) in [5.74, 6) is 0. The van der Waals surface area contributed by atoms with Crippen LogP contribution in [-0.4, -0.2) is 23.4 Å². The second-order valence-electron chi connectivity index (χ2n) is 0.718. The average Bonchev–Trinajstić information content (AvgIpc) is 1.35. The van der Waals surface area contributed by atoms with Crippen LogP contribution < -0.4 is 0 Å². The Kier molecular flexibility index (Phi) is 153. The maximum absolute atomic E-state index is 7.79. The number of hydrogen-bond donors (Lipinski definition) is 3. The van der Waals surface area contributed by atoms with E-state index in [1.54, 1.807) is 0 Å². The molecule has 0 aliphatic heterocycles. The second-order valence-corrected chi connectivity index (χ2v) is 2.15. The Hall–Kier alpha value is 7.20. The van der Waals surface area contributed by atoms with Gasteiger partial charge < -0.3 is 26.2 Å². The molecule has 0 saturated heterocycles. The van der Waals surface area contributed by atoms with E-state index >= 15 is 0 Å². The van der Waals surface area contributed by atoms with Crippen LogP contribution in [0.25, 0.3) is 0 Å². The Morgan fingerprint density at radius 2 is 0.857 bits per heavy atom. The van der Waals surface area contributed by atoms with Crippen LogP contribution >= 0.6 is 0 Å². The molecule has 0 unspecified atom stereocenters. The van der Waals surface area contributed by atoms with Gasteiger partial charge >= 0.3 is 26.1 Å². The summed E-state index contributed by atoms with van der Waals surface area (Å²) >= 11 is 0. The molecular weight excluding hydrogens is 713 g/mol. The van der Waals surface area contributed by atoms with Gasteiger partial charge in [-0.3, -0.25) is 0 Å². The number of hydrogen-bond acceptors (Lipinski definition) is 4. The van der Waals surface area contributed by atoms with Crippen molar-refractivity contribution in [3.8, 4) is 0 Å². The quantitative estimate of drug-likeness (QED) is 0.232. The molecule has 7 radical (unpaired) electrons. The molecule has 0 aliphatic rings. The molecule has 0 spiro atoms. The molecule has 0 atom stereocenters. The summed E-state index contributed by atoms with van der Waals surface area (Å²) in [5.41, 5.74) is 0. The molecule has 0 bridgehead atoms. The molecule has 0 saturated carbocycles. The predicted octanol–water partition coefficient (Wildman–Crippen LogP) is -1.36. The summed E-state index contributed by atoms with van der Waals surface area (Å²) in [4.78, 5) is 23.4. The van der Waals surface area contributed by atoms with Crippen LogP contribution in [0, 0.1) is 14.5 Å². The summed E-state index contributed by atoms with van der Waals surface area (Å²) in [5, 5.41) is 0. The maximum atomic E-state index is 7.79. The molecule has 0 aromatic carbocycles. The summed E-state index contributed by atoms with van der Waals surface area (Å²) < 4.78 is 3.49. The van der Waals surface area contributed by atoms with Crippen molar-refractivity contribution in [3.05, 3.63) is 14.5 Å². The van der Waals surface area contributed by atoms with Crippen LogP contribution in [0.15, 0.2) is 0 Å². The van der Waals surface area contributed by atoms with Crippen LogP contribution in [0.2, 0.25) is 0 Å². The minimum absolute atomic E-state index is 0. The Labute approximate surface area is 248 Å². The molecule has 0 amide bonds. The zero-order valence-electron chi connectivity index (χ0n) is 7.72. The second kappa shape index (κ2) is 36.9. The van der Waals surface area contributed by atoms with E-state index in [1.807, 2.05) is 0 Å². The molecule has 12 heteroatoms. The zero-order chi connectivity index (χ0) is 5.21. The molecule has 14 heavy (non-hydrogen) atoms. The largest absolute Gasteiger partial charge is 2.00 e. The van der Waals surface area contributed by atoms with E-state index in [4.69, 9.17) is 14.4 Å². The molecular formula is C2H8CuO4SiY6. The van der Waals surface area contributed by atoms with Gasteiger partial charge in [0.05, 0.1) is 0 Å². The molecule has 73 valence electrons. The van der Waals surface area contributed by atoms with Crippen molar-refractivity contribution >= 4 is 9.05 Å². The molecule has 3 N–H and O–H groups in total. The van der Waals surface area contributed by atoms with Gasteiger partial charge in [0, 0.05) is 196 Å². The molecule has 4 nitrogen and oxygen atoms in total. The fourth-order valence-corrected chi connectivity index (χ4v) is 0. The summed E-state index contributed by atoms with van der Waals surface area (Å²) in [6, 6.07) is 0. The number of rotatable bonds is 1. The first-order chi connectivity index (χ1) is 2.56. The smallest absolute Gasteiger partial charge is 0.533 e. The van der Waals surface area contributed by atoms with Gasteiger partial charge in [0.25, 0.3) is 0 Å². The summed E-state index contributed by atoms with van der Waals surface area (Å²) in [6.07, 6.45) is 0. The maximum Gasteiger partial charge on any atom is 2.00 e. The van der Waals surface area contributed by atoms with Gasteiger partial charge in [-0.25, -0.2) is 7.11 Å². The molecule has 0 aromatic heterocycles. The fourth-order valence-electron chi connectivity index (χ4n) is 0. The van der Waals surface area contributed by atoms with Crippen molar-refractivity contribution < 1.29 is 232 Å². The first-order valence-corrected chi connectivity index (χ1v) is 2.91. The van der Waals surface area contributed by atoms with Crippen LogP contribution in [-0.2, 0) is 218 Å². The Balaban J connectivity index is -0.00000000446. The van der Waals surface area contributed by atoms with Crippen LogP contribution in [0.4, 0.5) is 0 Å². The van der Waals surface area contributed by atoms with Gasteiger partial charge in [-0.15, -0.1) is 0 Å². The van der Waals surface area contributed by atoms with E-state index < -0.39 is 9.05 Å². The van der Waals surface area contributed by atoms with Gasteiger partial charge in [0.1, 0.15) is 0 Å². The molecule has 0 aliphatic carbocycles. The summed E-state index contributed by atoms with van der Waals surface area (Å²) in [6.45, 7) is 0. The predicted molar refractivity (Wildman–Crippen MR) is 25.3 cm³/mol. The third-order valence-electron chi connectivity index (χ3n) is 0.194. The normalized spacial score (nSPS) is 5.14. The van der Waals surface area contributed by atoms with Crippen LogP contribution in [0.1, 0.15) is 0 Å². The van der Waals surface area contributed by atoms with Crippen molar-refractivity contribution in [1.82, 2.24) is 0 Å². The van der Waals surface area contributed by atoms with E-state index in [0.717, 1.165) is 0 Å². The molecule has 0 heterocycles. The van der Waals surface area contributed by atoms with E-state index in [1.165, 1.54) is 0 Å². The van der Waals surface area contributed by atoms with E-state index in [2.05, 4.69) is 11.5 Å². The van der Waals surface area contributed by atoms with Crippen molar-refractivity contribution in [2.75, 3.05) is 0 Å². The van der Waals surface area contributed by atoms with Gasteiger partial charge in [-0.2, -0.15) is 0 Å². The monoisotopic (exact) mass is 720 g/mol. The van der Waals surface area contributed by atoms with E-state index in [-0.39, 0.29) is 221 Å². The topological polar surface area (TPSA) is 69.9 Å². The van der Waals surface area contributed by atoms with Gasteiger partial charge in [0.2, 0.25) is 0 Å². The Bertz CT molecular complexity index is 57.6. The van der Waals surface area contributed by atoms with Crippen molar-refractivity contribution in [2.24, 2.45) is 0 Å². The molecule has 0 fully saturated rings. The minimum atomic E-state index is -4.24. The Morgan fingerprint density at radius 3 is 0.857 bits per heavy atom. The van der Waals surface area contributed by atoms with Crippen LogP contribution in [0.5, 0.6) is 0 Å². The van der Waals surface area contributed by atoms with E-state index in [9.17, 15) is 0 Å². The van der Waals surface area contributed by atoms with E-state index in [0.29, 0.717) is 0 Å². The SMILES string of the molecule is [CH2-]O[Si](O)(O)O.[CH3-].[Cu+2].[Y].[Y].[Y].[Y].[Y].[Y]. The first kappa shape index (κ1) is 58.1. The summed E-state index contributed by atoms with van der Waals surface area (Å²) in [7, 11) is -1.67. The van der Waals surface area contributed by atoms with Gasteiger partial charge in [-0.05, 0) is 0 Å². The van der Waals surface area contributed by atoms with Crippen molar-refractivity contribution in [3.63, 3.8) is 0 Å². The minimum Gasteiger partial charge on any atom is -0.533 e. The van der Waals surface area contributed by atoms with Crippen molar-refractivity contribution in [1.29, 1.82) is 0 Å². The van der Waals surface area contributed by atoms with Crippen LogP contribution in [0.3, 0.4) is 0 Å². The third-order valence-corrected chi connectivity index (χ3v) is 0.581. The molecule has 0 rings (SSSR count). The van der Waals surface area contributed by atoms with Gasteiger partial charge in [-0.1, -0.05) is 0 Å². The standard InChI is InChI=1S/CH5O4Si.CH3.Cu.6Y/c1-5-6(2,3)4;;;;;;;;/h2-4H,1H2;1H3;;;;;;;/q2*-1;+2;;;;;;. The zero-order valence-corrected chi connectivity index (χ0v) is 26.7.